The summed E-state index contributed by atoms with van der Waals surface area (Å²) in [5, 5.41) is 23.5. The summed E-state index contributed by atoms with van der Waals surface area (Å²) in [4.78, 5) is 37.6. The van der Waals surface area contributed by atoms with Crippen molar-refractivity contribution in [2.45, 2.75) is 112 Å². The van der Waals surface area contributed by atoms with Crippen LogP contribution in [0.1, 0.15) is 87.5 Å². The zero-order valence-electron chi connectivity index (χ0n) is 25.1. The van der Waals surface area contributed by atoms with Crippen LogP contribution in [0.4, 0.5) is 0 Å². The van der Waals surface area contributed by atoms with Crippen molar-refractivity contribution in [2.24, 2.45) is 58.2 Å². The fourth-order valence-electron chi connectivity index (χ4n) is 9.44. The molecule has 0 spiro atoms. The third kappa shape index (κ3) is 5.23. The number of ether oxygens (including phenoxy) is 2. The minimum Gasteiger partial charge on any atom is -0.463 e. The molecule has 4 fully saturated rings. The van der Waals surface area contributed by atoms with Crippen molar-refractivity contribution in [1.82, 2.24) is 0 Å². The summed E-state index contributed by atoms with van der Waals surface area (Å²) in [6.45, 7) is 15.8. The Morgan fingerprint density at radius 1 is 0.974 bits per heavy atom. The molecule has 0 radical (unpaired) electrons. The van der Waals surface area contributed by atoms with Crippen molar-refractivity contribution in [2.75, 3.05) is 0 Å². The number of allylic oxidation sites excluding steroid dienone is 2. The number of Topliss-reactive ketones (excluding diaryl/α,β-unsaturated/α-hetero) is 1. The zero-order chi connectivity index (χ0) is 29.0. The molecule has 4 aliphatic rings. The number of fused-ring (bicyclic) bond motifs is 5. The van der Waals surface area contributed by atoms with Crippen LogP contribution in [0.2, 0.25) is 0 Å². The molecule has 0 amide bonds. The molecule has 7 nitrogen and oxygen atoms in total. The highest BCUT2D eigenvalue weighted by atomic mass is 16.5. The van der Waals surface area contributed by atoms with E-state index < -0.39 is 34.9 Å². The smallest absolute Gasteiger partial charge is 0.302 e. The molecule has 0 heterocycles. The number of hydrogen-bond acceptors (Lipinski definition) is 7. The Morgan fingerprint density at radius 2 is 1.62 bits per heavy atom. The Balaban J connectivity index is 1.70. The molecule has 0 bridgehead atoms. The van der Waals surface area contributed by atoms with Crippen LogP contribution in [0.15, 0.2) is 12.2 Å². The van der Waals surface area contributed by atoms with Gasteiger partial charge in [-0.2, -0.15) is 0 Å². The molecule has 0 aliphatic heterocycles. The van der Waals surface area contributed by atoms with Gasteiger partial charge in [-0.3, -0.25) is 14.4 Å². The van der Waals surface area contributed by atoms with E-state index in [-0.39, 0.29) is 53.6 Å². The van der Waals surface area contributed by atoms with Crippen LogP contribution in [0, 0.1) is 58.2 Å². The van der Waals surface area contributed by atoms with Gasteiger partial charge in [0, 0.05) is 31.6 Å². The largest absolute Gasteiger partial charge is 0.463 e. The zero-order valence-corrected chi connectivity index (χ0v) is 25.1. The molecule has 2 N–H and O–H groups in total. The highest BCUT2D eigenvalue weighted by molar-refractivity contribution is 5.87. The van der Waals surface area contributed by atoms with Crippen molar-refractivity contribution in [3.05, 3.63) is 12.2 Å². The van der Waals surface area contributed by atoms with E-state index in [1.165, 1.54) is 13.8 Å². The van der Waals surface area contributed by atoms with Crippen molar-refractivity contribution in [3.8, 4) is 0 Å². The molecule has 0 aromatic heterocycles. The van der Waals surface area contributed by atoms with Gasteiger partial charge in [0.25, 0.3) is 0 Å². The van der Waals surface area contributed by atoms with Crippen LogP contribution < -0.4 is 0 Å². The average molecular weight is 547 g/mol. The summed E-state index contributed by atoms with van der Waals surface area (Å²) in [5.41, 5.74) is -0.906. The van der Waals surface area contributed by atoms with Crippen LogP contribution in [0.5, 0.6) is 0 Å². The first-order chi connectivity index (χ1) is 18.1. The van der Waals surface area contributed by atoms with Gasteiger partial charge in [-0.25, -0.2) is 0 Å². The van der Waals surface area contributed by atoms with E-state index in [2.05, 4.69) is 53.7 Å². The van der Waals surface area contributed by atoms with Gasteiger partial charge in [0.15, 0.2) is 5.78 Å². The molecule has 4 aliphatic carbocycles. The van der Waals surface area contributed by atoms with Gasteiger partial charge in [0.1, 0.15) is 18.3 Å². The van der Waals surface area contributed by atoms with E-state index in [4.69, 9.17) is 9.47 Å². The normalized spacial score (nSPS) is 45.3. The number of rotatable bonds is 6. The Labute approximate surface area is 234 Å². The molecule has 0 aromatic rings. The van der Waals surface area contributed by atoms with E-state index in [0.717, 1.165) is 0 Å². The highest BCUT2D eigenvalue weighted by Gasteiger charge is 2.69. The Bertz CT molecular complexity index is 989. The molecule has 4 saturated carbocycles. The van der Waals surface area contributed by atoms with Crippen LogP contribution >= 0.6 is 0 Å². The first-order valence-electron chi connectivity index (χ1n) is 15.0. The quantitative estimate of drug-likeness (QED) is 0.366. The lowest BCUT2D eigenvalue weighted by Gasteiger charge is -2.62. The topological polar surface area (TPSA) is 110 Å². The first-order valence-corrected chi connectivity index (χ1v) is 15.0. The van der Waals surface area contributed by atoms with Gasteiger partial charge in [-0.1, -0.05) is 53.7 Å². The maximum atomic E-state index is 13.8. The molecular formula is C32H50O7. The van der Waals surface area contributed by atoms with Crippen LogP contribution in [-0.2, 0) is 23.9 Å². The predicted molar refractivity (Wildman–Crippen MR) is 147 cm³/mol. The number of aliphatic hydroxyl groups excluding tert-OH is 2. The lowest BCUT2D eigenvalue weighted by atomic mass is 9.42. The lowest BCUT2D eigenvalue weighted by Crippen LogP contribution is -2.66. The summed E-state index contributed by atoms with van der Waals surface area (Å²) in [6.07, 6.45) is 4.68. The molecular weight excluding hydrogens is 496 g/mol. The van der Waals surface area contributed by atoms with Gasteiger partial charge >= 0.3 is 11.9 Å². The number of carbonyl (C=O) groups excluding carboxylic acids is 3. The molecule has 0 saturated heterocycles. The van der Waals surface area contributed by atoms with E-state index in [9.17, 15) is 24.6 Å². The molecule has 7 heteroatoms. The van der Waals surface area contributed by atoms with Gasteiger partial charge in [-0.05, 0) is 72.5 Å². The molecule has 220 valence electrons. The molecule has 7 unspecified atom stereocenters. The second-order valence-corrected chi connectivity index (χ2v) is 14.2. The predicted octanol–water partition coefficient (Wildman–Crippen LogP) is 4.72. The van der Waals surface area contributed by atoms with Crippen molar-refractivity contribution < 1.29 is 34.1 Å². The van der Waals surface area contributed by atoms with Crippen molar-refractivity contribution in [3.63, 3.8) is 0 Å². The second kappa shape index (κ2) is 10.9. The average Bonchev–Trinajstić information content (AvgIpc) is 3.10. The summed E-state index contributed by atoms with van der Waals surface area (Å²) in [5.74, 6) is -1.12. The Morgan fingerprint density at radius 3 is 2.21 bits per heavy atom. The van der Waals surface area contributed by atoms with Gasteiger partial charge in [0.05, 0.1) is 6.10 Å². The molecule has 13 atom stereocenters. The van der Waals surface area contributed by atoms with Crippen LogP contribution in [0.3, 0.4) is 0 Å². The van der Waals surface area contributed by atoms with Crippen molar-refractivity contribution >= 4 is 17.7 Å². The Hall–Kier alpha value is -1.73. The maximum Gasteiger partial charge on any atom is 0.302 e. The van der Waals surface area contributed by atoms with Crippen LogP contribution in [0.25, 0.3) is 0 Å². The number of esters is 2. The summed E-state index contributed by atoms with van der Waals surface area (Å²) < 4.78 is 11.4. The number of ketones is 1. The fraction of sp³-hybridized carbons (Fsp3) is 0.844. The van der Waals surface area contributed by atoms with E-state index in [0.29, 0.717) is 43.9 Å². The van der Waals surface area contributed by atoms with Gasteiger partial charge in [0.2, 0.25) is 0 Å². The minimum atomic E-state index is -1.20. The third-order valence-corrected chi connectivity index (χ3v) is 11.5. The SMILES string of the molecule is CC(=O)O[C@H]1CC[C@]2(C)C3C(O)C[C@@]4(C)C(C[C@H](OC(C)=O)[C@@H]4C(C)/C=C/C(C)C(C)C)C3C(O)C(=O)[C@H]2C1. The summed E-state index contributed by atoms with van der Waals surface area (Å²) in [7, 11) is 0. The summed E-state index contributed by atoms with van der Waals surface area (Å²) in [6, 6.07) is 0. The number of carbonyl (C=O) groups is 3. The van der Waals surface area contributed by atoms with E-state index in [1.807, 2.05) is 0 Å². The fourth-order valence-corrected chi connectivity index (χ4v) is 9.44. The standard InChI is InChI=1S/C32H50O7/c1-16(2)17(3)9-10-18(4)27-25(39-20(6)34)14-22-26-28(24(35)15-32(22,27)8)31(7)12-11-21(38-19(5)33)13-23(31)29(36)30(26)37/h9-10,16-18,21-28,30,35,37H,11-15H2,1-8H3/b10-9+/t17?,18?,21-,22?,23+,24?,25-,26?,27-,28?,30?,31-,32-/m0/s1. The van der Waals surface area contributed by atoms with Crippen molar-refractivity contribution in [1.29, 1.82) is 0 Å². The monoisotopic (exact) mass is 546 g/mol. The second-order valence-electron chi connectivity index (χ2n) is 14.2. The first kappa shape index (κ1) is 30.2. The van der Waals surface area contributed by atoms with E-state index >= 15 is 0 Å². The lowest BCUT2D eigenvalue weighted by molar-refractivity contribution is -0.211. The molecule has 39 heavy (non-hydrogen) atoms. The van der Waals surface area contributed by atoms with Gasteiger partial charge < -0.3 is 19.7 Å². The maximum absolute atomic E-state index is 13.8. The van der Waals surface area contributed by atoms with Gasteiger partial charge in [-0.15, -0.1) is 0 Å². The highest BCUT2D eigenvalue weighted by Crippen LogP contribution is 2.68. The third-order valence-electron chi connectivity index (χ3n) is 11.5. The summed E-state index contributed by atoms with van der Waals surface area (Å²) >= 11 is 0. The van der Waals surface area contributed by atoms with Crippen LogP contribution in [-0.4, -0.2) is 52.4 Å². The number of hydrogen-bond donors (Lipinski definition) is 2. The molecule has 4 rings (SSSR count). The minimum absolute atomic E-state index is 0.0369. The Kier molecular flexibility index (Phi) is 8.47. The molecule has 0 aromatic carbocycles. The number of aliphatic hydroxyl groups is 2. The van der Waals surface area contributed by atoms with E-state index in [1.54, 1.807) is 0 Å².